The number of Topliss-reactive ketones (excluding diaryl/α,β-unsaturated/α-hetero) is 1. The van der Waals surface area contributed by atoms with Gasteiger partial charge in [0.1, 0.15) is 5.78 Å². The van der Waals surface area contributed by atoms with E-state index in [-0.39, 0.29) is 17.6 Å². The molecule has 0 spiro atoms. The first-order valence-corrected chi connectivity index (χ1v) is 10.4. The molecule has 0 aliphatic heterocycles. The number of ketones is 1. The number of hydrogen-bond donors (Lipinski definition) is 2. The summed E-state index contributed by atoms with van der Waals surface area (Å²) in [6, 6.07) is 16.5. The minimum Gasteiger partial charge on any atom is -0.401 e. The molecule has 0 fully saturated rings. The van der Waals surface area contributed by atoms with Crippen molar-refractivity contribution in [2.24, 2.45) is 17.5 Å². The van der Waals surface area contributed by atoms with Gasteiger partial charge in [-0.1, -0.05) is 55.5 Å². The van der Waals surface area contributed by atoms with Crippen molar-refractivity contribution in [3.63, 3.8) is 0 Å². The second-order valence-corrected chi connectivity index (χ2v) is 7.94. The summed E-state index contributed by atoms with van der Waals surface area (Å²) in [6.07, 6.45) is 3.76. The Morgan fingerprint density at radius 2 is 1.79 bits per heavy atom. The number of nitrogens with zero attached hydrogens (tertiary/aromatic N) is 1. The lowest BCUT2D eigenvalue weighted by Gasteiger charge is -2.25. The van der Waals surface area contributed by atoms with Crippen LogP contribution >= 0.6 is 0 Å². The van der Waals surface area contributed by atoms with Crippen molar-refractivity contribution < 1.29 is 4.79 Å². The number of hydrogen-bond acceptors (Lipinski definition) is 4. The van der Waals surface area contributed by atoms with Gasteiger partial charge in [0, 0.05) is 30.8 Å². The minimum atomic E-state index is -0.0923. The summed E-state index contributed by atoms with van der Waals surface area (Å²) in [7, 11) is 0. The molecule has 0 bridgehead atoms. The van der Waals surface area contributed by atoms with E-state index in [1.54, 1.807) is 11.2 Å². The number of carbonyl (C=O) groups excluding carboxylic acids is 1. The van der Waals surface area contributed by atoms with E-state index < -0.39 is 0 Å². The van der Waals surface area contributed by atoms with E-state index in [9.17, 15) is 4.79 Å². The molecule has 0 aliphatic carbocycles. The van der Waals surface area contributed by atoms with Crippen molar-refractivity contribution >= 4 is 5.78 Å². The van der Waals surface area contributed by atoms with Gasteiger partial charge in [0.15, 0.2) is 0 Å². The lowest BCUT2D eigenvalue weighted by Crippen LogP contribution is -2.26. The third-order valence-electron chi connectivity index (χ3n) is 5.73. The number of benzene rings is 2. The summed E-state index contributed by atoms with van der Waals surface area (Å²) in [6.45, 7) is 8.96. The van der Waals surface area contributed by atoms with Gasteiger partial charge in [0.05, 0.1) is 0 Å². The zero-order valence-corrected chi connectivity index (χ0v) is 18.2. The second kappa shape index (κ2) is 10.8. The third-order valence-corrected chi connectivity index (χ3v) is 5.73. The molecular weight excluding hydrogens is 358 g/mol. The van der Waals surface area contributed by atoms with Crippen LogP contribution in [0, 0.1) is 19.8 Å². The first-order chi connectivity index (χ1) is 13.8. The molecule has 4 heteroatoms. The number of nitrogens with two attached hydrogens (primary N) is 2. The highest BCUT2D eigenvalue weighted by Crippen LogP contribution is 2.32. The van der Waals surface area contributed by atoms with Crippen molar-refractivity contribution in [1.82, 2.24) is 5.01 Å². The summed E-state index contributed by atoms with van der Waals surface area (Å²) in [4.78, 5) is 13.1. The van der Waals surface area contributed by atoms with Crippen molar-refractivity contribution in [2.45, 2.75) is 52.9 Å². The molecule has 0 aromatic heterocycles. The molecule has 4 nitrogen and oxygen atoms in total. The highest BCUT2D eigenvalue weighted by molar-refractivity contribution is 5.83. The lowest BCUT2D eigenvalue weighted by molar-refractivity contribution is -0.122. The zero-order valence-electron chi connectivity index (χ0n) is 18.2. The van der Waals surface area contributed by atoms with Crippen molar-refractivity contribution in [3.05, 3.63) is 82.7 Å². The van der Waals surface area contributed by atoms with Gasteiger partial charge in [-0.15, -0.1) is 0 Å². The fourth-order valence-corrected chi connectivity index (χ4v) is 3.57. The van der Waals surface area contributed by atoms with Crippen LogP contribution in [0.5, 0.6) is 0 Å². The van der Waals surface area contributed by atoms with Crippen LogP contribution in [0.1, 0.15) is 54.9 Å². The molecule has 4 N–H and O–H groups in total. The van der Waals surface area contributed by atoms with E-state index >= 15 is 0 Å². The Bertz CT molecular complexity index is 829. The number of hydrazine groups is 1. The molecule has 2 aromatic carbocycles. The monoisotopic (exact) mass is 393 g/mol. The highest BCUT2D eigenvalue weighted by Gasteiger charge is 2.25. The van der Waals surface area contributed by atoms with E-state index in [0.717, 1.165) is 17.7 Å². The smallest absolute Gasteiger partial charge is 0.140 e. The first kappa shape index (κ1) is 22.7. The maximum atomic E-state index is 13.1. The lowest BCUT2D eigenvalue weighted by atomic mass is 9.79. The Hall–Kier alpha value is -2.59. The van der Waals surface area contributed by atoms with Crippen molar-refractivity contribution in [1.29, 1.82) is 0 Å². The standard InChI is InChI=1S/C25H35N3O/c1-5-28(27)17-23(26)13-14-24(22-12-11-18(2)19(3)15-22)20(4)25(29)16-21-9-7-6-8-10-21/h6-12,15,17,20,24H,5,13-14,16,26-27H2,1-4H3/b23-17-. The van der Waals surface area contributed by atoms with E-state index in [0.29, 0.717) is 19.4 Å². The van der Waals surface area contributed by atoms with Crippen molar-refractivity contribution in [3.8, 4) is 0 Å². The zero-order chi connectivity index (χ0) is 21.4. The molecule has 29 heavy (non-hydrogen) atoms. The molecule has 2 rings (SSSR count). The van der Waals surface area contributed by atoms with Crippen LogP contribution in [0.3, 0.4) is 0 Å². The summed E-state index contributed by atoms with van der Waals surface area (Å²) in [5, 5.41) is 1.59. The predicted octanol–water partition coefficient (Wildman–Crippen LogP) is 4.61. The SMILES string of the molecule is CCN(N)/C=C(\N)CCC(c1ccc(C)c(C)c1)C(C)C(=O)Cc1ccccc1. The maximum Gasteiger partial charge on any atom is 0.140 e. The van der Waals surface area contributed by atoms with Gasteiger partial charge in [-0.3, -0.25) is 4.79 Å². The average molecular weight is 394 g/mol. The number of aryl methyl sites for hydroxylation is 2. The molecule has 0 saturated carbocycles. The van der Waals surface area contributed by atoms with Crippen molar-refractivity contribution in [2.75, 3.05) is 6.54 Å². The normalized spacial score (nSPS) is 13.8. The molecule has 0 heterocycles. The van der Waals surface area contributed by atoms with Crippen LogP contribution in [0.2, 0.25) is 0 Å². The number of rotatable bonds is 10. The highest BCUT2D eigenvalue weighted by atomic mass is 16.1. The fraction of sp³-hybridized carbons (Fsp3) is 0.400. The minimum absolute atomic E-state index is 0.0923. The Morgan fingerprint density at radius 3 is 2.41 bits per heavy atom. The van der Waals surface area contributed by atoms with E-state index in [2.05, 4.69) is 32.0 Å². The van der Waals surface area contributed by atoms with Gasteiger partial charge in [-0.2, -0.15) is 0 Å². The first-order valence-electron chi connectivity index (χ1n) is 10.4. The van der Waals surface area contributed by atoms with Gasteiger partial charge in [-0.25, -0.2) is 5.84 Å². The Labute approximate surface area is 175 Å². The topological polar surface area (TPSA) is 72.3 Å². The van der Waals surface area contributed by atoms with Crippen LogP contribution in [0.4, 0.5) is 0 Å². The van der Waals surface area contributed by atoms with Crippen LogP contribution in [0.15, 0.2) is 60.4 Å². The van der Waals surface area contributed by atoms with Gasteiger partial charge in [0.2, 0.25) is 0 Å². The van der Waals surface area contributed by atoms with E-state index in [1.165, 1.54) is 16.7 Å². The summed E-state index contributed by atoms with van der Waals surface area (Å²) in [5.74, 6) is 6.13. The van der Waals surface area contributed by atoms with Gasteiger partial charge >= 0.3 is 0 Å². The molecular formula is C25H35N3O. The Kier molecular flexibility index (Phi) is 8.47. The predicted molar refractivity (Wildman–Crippen MR) is 121 cm³/mol. The molecule has 156 valence electrons. The maximum absolute atomic E-state index is 13.1. The van der Waals surface area contributed by atoms with Crippen LogP contribution < -0.4 is 11.6 Å². The largest absolute Gasteiger partial charge is 0.401 e. The third kappa shape index (κ3) is 6.75. The second-order valence-electron chi connectivity index (χ2n) is 7.94. The quantitative estimate of drug-likeness (QED) is 0.457. The molecule has 0 radical (unpaired) electrons. The average Bonchev–Trinajstić information content (AvgIpc) is 2.71. The Balaban J connectivity index is 2.21. The number of carbonyl (C=O) groups is 1. The van der Waals surface area contributed by atoms with E-state index in [4.69, 9.17) is 11.6 Å². The molecule has 2 aromatic rings. The summed E-state index contributed by atoms with van der Waals surface area (Å²) < 4.78 is 0. The van der Waals surface area contributed by atoms with E-state index in [1.807, 2.05) is 44.2 Å². The summed E-state index contributed by atoms with van der Waals surface area (Å²) >= 11 is 0. The molecule has 2 unspecified atom stereocenters. The molecule has 0 saturated heterocycles. The van der Waals surface area contributed by atoms with Crippen LogP contribution in [-0.2, 0) is 11.2 Å². The molecule has 0 aliphatic rings. The number of allylic oxidation sites excluding steroid dienone is 1. The van der Waals surface area contributed by atoms with Crippen LogP contribution in [0.25, 0.3) is 0 Å². The summed E-state index contributed by atoms with van der Waals surface area (Å²) in [5.41, 5.74) is 11.7. The van der Waals surface area contributed by atoms with Crippen LogP contribution in [-0.4, -0.2) is 17.3 Å². The van der Waals surface area contributed by atoms with Gasteiger partial charge in [-0.05, 0) is 61.8 Å². The van der Waals surface area contributed by atoms with Gasteiger partial charge in [0.25, 0.3) is 0 Å². The molecule has 0 amide bonds. The fourth-order valence-electron chi connectivity index (χ4n) is 3.57. The van der Waals surface area contributed by atoms with Gasteiger partial charge < -0.3 is 10.7 Å². The molecule has 2 atom stereocenters. The Morgan fingerprint density at radius 1 is 1.10 bits per heavy atom.